The lowest BCUT2D eigenvalue weighted by atomic mass is 10.2. The van der Waals surface area contributed by atoms with Gasteiger partial charge in [-0.1, -0.05) is 0 Å². The summed E-state index contributed by atoms with van der Waals surface area (Å²) >= 11 is 1.91. The first kappa shape index (κ1) is 16.7. The van der Waals surface area contributed by atoms with E-state index in [1.165, 1.54) is 6.42 Å². The maximum Gasteiger partial charge on any atom is 0.318 e. The molecule has 3 atom stereocenters. The standard InChI is InChI=1S/C17H26N2O3S/c1-21-11-13-6-8-16(22-13)15-4-3-9-19(15)17(20)18-12-5-7-14(10-12)23-2/h6,8,12,14-15H,3-5,7,9-11H2,1-2H3,(H,18,20)/t12-,14-,15-/m0/s1. The van der Waals surface area contributed by atoms with E-state index in [2.05, 4.69) is 11.6 Å². The van der Waals surface area contributed by atoms with Gasteiger partial charge in [0.15, 0.2) is 0 Å². The van der Waals surface area contributed by atoms with Gasteiger partial charge < -0.3 is 19.4 Å². The Morgan fingerprint density at radius 1 is 1.43 bits per heavy atom. The average molecular weight is 338 g/mol. The highest BCUT2D eigenvalue weighted by atomic mass is 32.2. The number of thioether (sulfide) groups is 1. The fraction of sp³-hybridized carbons (Fsp3) is 0.706. The van der Waals surface area contributed by atoms with Crippen LogP contribution in [0.3, 0.4) is 0 Å². The Labute approximate surface area is 142 Å². The first-order valence-electron chi connectivity index (χ1n) is 8.38. The van der Waals surface area contributed by atoms with Crippen molar-refractivity contribution in [3.8, 4) is 0 Å². The number of methoxy groups -OCH3 is 1. The zero-order valence-corrected chi connectivity index (χ0v) is 14.7. The summed E-state index contributed by atoms with van der Waals surface area (Å²) in [5.74, 6) is 1.69. The van der Waals surface area contributed by atoms with Gasteiger partial charge in [0.2, 0.25) is 0 Å². The van der Waals surface area contributed by atoms with Gasteiger partial charge in [0, 0.05) is 24.9 Å². The number of carbonyl (C=O) groups excluding carboxylic acids is 1. The van der Waals surface area contributed by atoms with Crippen molar-refractivity contribution in [2.45, 2.75) is 56.0 Å². The number of carbonyl (C=O) groups is 1. The molecule has 1 aromatic heterocycles. The molecule has 3 rings (SSSR count). The zero-order valence-electron chi connectivity index (χ0n) is 13.9. The summed E-state index contributed by atoms with van der Waals surface area (Å²) in [4.78, 5) is 14.6. The maximum absolute atomic E-state index is 12.7. The third kappa shape index (κ3) is 3.86. The molecule has 0 spiro atoms. The number of amides is 2. The summed E-state index contributed by atoms with van der Waals surface area (Å²) in [5.41, 5.74) is 0. The van der Waals surface area contributed by atoms with Crippen molar-refractivity contribution in [2.24, 2.45) is 0 Å². The Bertz CT molecular complexity index is 534. The van der Waals surface area contributed by atoms with Crippen molar-refractivity contribution in [3.63, 3.8) is 0 Å². The van der Waals surface area contributed by atoms with Crippen LogP contribution in [-0.4, -0.2) is 42.1 Å². The predicted molar refractivity (Wildman–Crippen MR) is 91.6 cm³/mol. The van der Waals surface area contributed by atoms with Gasteiger partial charge in [-0.25, -0.2) is 4.79 Å². The Hall–Kier alpha value is -1.14. The fourth-order valence-corrected chi connectivity index (χ4v) is 4.44. The van der Waals surface area contributed by atoms with Gasteiger partial charge in [-0.15, -0.1) is 0 Å². The summed E-state index contributed by atoms with van der Waals surface area (Å²) in [5, 5.41) is 3.92. The van der Waals surface area contributed by atoms with E-state index in [0.717, 1.165) is 43.7 Å². The van der Waals surface area contributed by atoms with E-state index in [1.807, 2.05) is 28.8 Å². The molecule has 2 heterocycles. The molecule has 1 N–H and O–H groups in total. The van der Waals surface area contributed by atoms with E-state index in [1.54, 1.807) is 7.11 Å². The molecule has 2 fully saturated rings. The van der Waals surface area contributed by atoms with Crippen LogP contribution >= 0.6 is 11.8 Å². The molecule has 0 radical (unpaired) electrons. The second kappa shape index (κ2) is 7.62. The van der Waals surface area contributed by atoms with Gasteiger partial charge in [-0.3, -0.25) is 0 Å². The van der Waals surface area contributed by atoms with Crippen LogP contribution in [0.2, 0.25) is 0 Å². The number of nitrogens with zero attached hydrogens (tertiary/aromatic N) is 1. The molecule has 5 nitrogen and oxygen atoms in total. The van der Waals surface area contributed by atoms with E-state index in [0.29, 0.717) is 17.9 Å². The molecular formula is C17H26N2O3S. The van der Waals surface area contributed by atoms with Crippen LogP contribution in [0.5, 0.6) is 0 Å². The molecule has 1 aliphatic heterocycles. The van der Waals surface area contributed by atoms with Gasteiger partial charge >= 0.3 is 6.03 Å². The molecule has 128 valence electrons. The van der Waals surface area contributed by atoms with E-state index in [4.69, 9.17) is 9.15 Å². The Morgan fingerprint density at radius 3 is 3.04 bits per heavy atom. The number of furan rings is 1. The third-order valence-electron chi connectivity index (χ3n) is 4.86. The second-order valence-electron chi connectivity index (χ2n) is 6.41. The van der Waals surface area contributed by atoms with Crippen LogP contribution in [0.25, 0.3) is 0 Å². The number of ether oxygens (including phenoxy) is 1. The predicted octanol–water partition coefficient (Wildman–Crippen LogP) is 3.56. The monoisotopic (exact) mass is 338 g/mol. The van der Waals surface area contributed by atoms with Crippen LogP contribution in [-0.2, 0) is 11.3 Å². The minimum absolute atomic E-state index is 0.0540. The Morgan fingerprint density at radius 2 is 2.30 bits per heavy atom. The Balaban J connectivity index is 1.60. The van der Waals surface area contributed by atoms with Gasteiger partial charge in [-0.05, 0) is 50.5 Å². The summed E-state index contributed by atoms with van der Waals surface area (Å²) in [6.45, 7) is 1.27. The van der Waals surface area contributed by atoms with Gasteiger partial charge in [0.1, 0.15) is 18.1 Å². The molecule has 0 aromatic carbocycles. The number of urea groups is 1. The average Bonchev–Trinajstić information content (AvgIpc) is 3.27. The quantitative estimate of drug-likeness (QED) is 0.892. The van der Waals surface area contributed by atoms with E-state index >= 15 is 0 Å². The smallest absolute Gasteiger partial charge is 0.318 e. The van der Waals surface area contributed by atoms with Crippen LogP contribution in [0, 0.1) is 0 Å². The van der Waals surface area contributed by atoms with Gasteiger partial charge in [0.05, 0.1) is 6.04 Å². The second-order valence-corrected chi connectivity index (χ2v) is 7.54. The molecular weight excluding hydrogens is 312 g/mol. The summed E-state index contributed by atoms with van der Waals surface area (Å²) in [6.07, 6.45) is 7.52. The number of nitrogens with one attached hydrogen (secondary N) is 1. The minimum Gasteiger partial charge on any atom is -0.461 e. The highest BCUT2D eigenvalue weighted by Crippen LogP contribution is 2.34. The SMILES string of the molecule is COCc1ccc([C@@H]2CCCN2C(=O)N[C@H]2CC[C@H](SC)C2)o1. The first-order chi connectivity index (χ1) is 11.2. The lowest BCUT2D eigenvalue weighted by Gasteiger charge is -2.25. The zero-order chi connectivity index (χ0) is 16.2. The largest absolute Gasteiger partial charge is 0.461 e. The van der Waals surface area contributed by atoms with Crippen LogP contribution in [0.4, 0.5) is 4.79 Å². The Kier molecular flexibility index (Phi) is 5.54. The highest BCUT2D eigenvalue weighted by molar-refractivity contribution is 7.99. The summed E-state index contributed by atoms with van der Waals surface area (Å²) in [6, 6.07) is 4.35. The lowest BCUT2D eigenvalue weighted by molar-refractivity contribution is 0.155. The van der Waals surface area contributed by atoms with Crippen LogP contribution < -0.4 is 5.32 Å². The van der Waals surface area contributed by atoms with Crippen molar-refractivity contribution >= 4 is 17.8 Å². The van der Waals surface area contributed by atoms with Gasteiger partial charge in [-0.2, -0.15) is 11.8 Å². The highest BCUT2D eigenvalue weighted by Gasteiger charge is 2.34. The molecule has 1 saturated heterocycles. The fourth-order valence-electron chi connectivity index (χ4n) is 3.64. The van der Waals surface area contributed by atoms with Crippen molar-refractivity contribution in [3.05, 3.63) is 23.7 Å². The third-order valence-corrected chi connectivity index (χ3v) is 5.95. The minimum atomic E-state index is 0.0540. The number of rotatable bonds is 5. The molecule has 1 aliphatic carbocycles. The number of likely N-dealkylation sites (tertiary alicyclic amines) is 1. The molecule has 1 aromatic rings. The van der Waals surface area contributed by atoms with Crippen LogP contribution in [0.1, 0.15) is 49.7 Å². The molecule has 2 amide bonds. The lowest BCUT2D eigenvalue weighted by Crippen LogP contribution is -2.43. The van der Waals surface area contributed by atoms with Gasteiger partial charge in [0.25, 0.3) is 0 Å². The molecule has 1 saturated carbocycles. The summed E-state index contributed by atoms with van der Waals surface area (Å²) in [7, 11) is 1.65. The van der Waals surface area contributed by atoms with E-state index in [9.17, 15) is 4.79 Å². The van der Waals surface area contributed by atoms with Crippen LogP contribution in [0.15, 0.2) is 16.5 Å². The van der Waals surface area contributed by atoms with E-state index in [-0.39, 0.29) is 12.1 Å². The molecule has 0 bridgehead atoms. The van der Waals surface area contributed by atoms with E-state index < -0.39 is 0 Å². The number of hydrogen-bond acceptors (Lipinski definition) is 4. The van der Waals surface area contributed by atoms with Crippen molar-refractivity contribution in [1.82, 2.24) is 10.2 Å². The van der Waals surface area contributed by atoms with Crippen molar-refractivity contribution in [1.29, 1.82) is 0 Å². The van der Waals surface area contributed by atoms with Crippen molar-refractivity contribution in [2.75, 3.05) is 19.9 Å². The van der Waals surface area contributed by atoms with Crippen molar-refractivity contribution < 1.29 is 13.9 Å². The topological polar surface area (TPSA) is 54.7 Å². The normalized spacial score (nSPS) is 27.6. The summed E-state index contributed by atoms with van der Waals surface area (Å²) < 4.78 is 10.9. The molecule has 2 aliphatic rings. The molecule has 6 heteroatoms. The number of hydrogen-bond donors (Lipinski definition) is 1. The molecule has 0 unspecified atom stereocenters. The molecule has 23 heavy (non-hydrogen) atoms. The maximum atomic E-state index is 12.7. The first-order valence-corrected chi connectivity index (χ1v) is 9.67.